The molecule has 21 heavy (non-hydrogen) atoms. The summed E-state index contributed by atoms with van der Waals surface area (Å²) in [5.41, 5.74) is 2.51. The summed E-state index contributed by atoms with van der Waals surface area (Å²) >= 11 is 4.64. The number of nitrogens with one attached hydrogen (secondary N) is 1. The molecule has 3 aromatic rings. The van der Waals surface area contributed by atoms with Crippen LogP contribution in [0.4, 0.5) is 5.00 Å². The summed E-state index contributed by atoms with van der Waals surface area (Å²) in [6.45, 7) is 0. The maximum Gasteiger partial charge on any atom is 0.256 e. The van der Waals surface area contributed by atoms with Crippen molar-refractivity contribution in [3.05, 3.63) is 70.7 Å². The zero-order valence-electron chi connectivity index (χ0n) is 10.9. The smallest absolute Gasteiger partial charge is 0.256 e. The maximum atomic E-state index is 12.2. The van der Waals surface area contributed by atoms with Gasteiger partial charge in [0, 0.05) is 21.7 Å². The first-order chi connectivity index (χ1) is 10.2. The second-order valence-corrected chi connectivity index (χ2v) is 6.13. The van der Waals surface area contributed by atoms with Crippen LogP contribution in [-0.2, 0) is 0 Å². The van der Waals surface area contributed by atoms with Gasteiger partial charge >= 0.3 is 0 Å². The lowest BCUT2D eigenvalue weighted by Crippen LogP contribution is -2.10. The summed E-state index contributed by atoms with van der Waals surface area (Å²) in [5, 5.41) is 3.61. The average Bonchev–Trinajstić information content (AvgIpc) is 2.97. The lowest BCUT2D eigenvalue weighted by Gasteiger charge is -2.02. The van der Waals surface area contributed by atoms with E-state index in [9.17, 15) is 4.79 Å². The quantitative estimate of drug-likeness (QED) is 0.728. The minimum atomic E-state index is -0.139. The Bertz CT molecular complexity index is 771. The Balaban J connectivity index is 1.77. The molecule has 0 bridgehead atoms. The Morgan fingerprint density at radius 3 is 2.62 bits per heavy atom. The van der Waals surface area contributed by atoms with E-state index in [4.69, 9.17) is 0 Å². The third kappa shape index (κ3) is 3.37. The molecule has 0 aliphatic rings. The molecule has 1 amide bonds. The Hall–Kier alpha value is -1.98. The van der Waals surface area contributed by atoms with E-state index in [0.717, 1.165) is 20.7 Å². The summed E-state index contributed by atoms with van der Waals surface area (Å²) in [7, 11) is 0. The summed E-state index contributed by atoms with van der Waals surface area (Å²) in [6.07, 6.45) is 0. The largest absolute Gasteiger partial charge is 0.312 e. The Kier molecular flexibility index (Phi) is 4.13. The molecule has 1 heterocycles. The van der Waals surface area contributed by atoms with Gasteiger partial charge in [0.2, 0.25) is 0 Å². The number of anilines is 1. The first kappa shape index (κ1) is 14.0. The van der Waals surface area contributed by atoms with Crippen molar-refractivity contribution in [1.29, 1.82) is 0 Å². The number of halogens is 1. The van der Waals surface area contributed by atoms with Crippen LogP contribution in [0.25, 0.3) is 11.3 Å². The van der Waals surface area contributed by atoms with Gasteiger partial charge in [-0.1, -0.05) is 52.3 Å². The summed E-state index contributed by atoms with van der Waals surface area (Å²) in [6, 6.07) is 19.1. The van der Waals surface area contributed by atoms with Crippen molar-refractivity contribution < 1.29 is 4.79 Å². The van der Waals surface area contributed by atoms with Crippen LogP contribution < -0.4 is 5.32 Å². The Morgan fingerprint density at radius 2 is 1.86 bits per heavy atom. The minimum Gasteiger partial charge on any atom is -0.312 e. The van der Waals surface area contributed by atoms with Gasteiger partial charge in [-0.3, -0.25) is 4.79 Å². The predicted octanol–water partition coefficient (Wildman–Crippen LogP) is 4.82. The molecule has 0 saturated heterocycles. The van der Waals surface area contributed by atoms with Crippen LogP contribution in [0.2, 0.25) is 0 Å². The SMILES string of the molecule is O=C(Nc1cc(-c2ccccc2)ns1)c1cccc(Br)c1. The van der Waals surface area contributed by atoms with Gasteiger partial charge in [-0.05, 0) is 29.7 Å². The minimum absolute atomic E-state index is 0.139. The number of hydrogen-bond acceptors (Lipinski definition) is 3. The molecule has 0 spiro atoms. The highest BCUT2D eigenvalue weighted by molar-refractivity contribution is 9.10. The summed E-state index contributed by atoms with van der Waals surface area (Å²) in [4.78, 5) is 12.2. The molecule has 0 aliphatic heterocycles. The standard InChI is InChI=1S/C16H11BrN2OS/c17-13-8-4-7-12(9-13)16(20)18-15-10-14(19-21-15)11-5-2-1-3-6-11/h1-10H,(H,18,20). The molecular weight excluding hydrogens is 348 g/mol. The fourth-order valence-corrected chi connectivity index (χ4v) is 2.95. The van der Waals surface area contributed by atoms with Crippen LogP contribution in [0.3, 0.4) is 0 Å². The third-order valence-electron chi connectivity index (χ3n) is 2.90. The van der Waals surface area contributed by atoms with E-state index in [1.165, 1.54) is 11.5 Å². The van der Waals surface area contributed by atoms with Gasteiger partial charge < -0.3 is 5.32 Å². The van der Waals surface area contributed by atoms with E-state index in [1.807, 2.05) is 48.5 Å². The van der Waals surface area contributed by atoms with Crippen LogP contribution in [0.1, 0.15) is 10.4 Å². The average molecular weight is 359 g/mol. The van der Waals surface area contributed by atoms with Gasteiger partial charge in [0.1, 0.15) is 5.00 Å². The first-order valence-corrected chi connectivity index (χ1v) is 7.88. The van der Waals surface area contributed by atoms with E-state index < -0.39 is 0 Å². The Labute approximate surface area is 134 Å². The molecule has 2 aromatic carbocycles. The van der Waals surface area contributed by atoms with Crippen LogP contribution in [-0.4, -0.2) is 10.3 Å². The van der Waals surface area contributed by atoms with Gasteiger partial charge in [-0.15, -0.1) is 0 Å². The normalized spacial score (nSPS) is 10.3. The number of amides is 1. The molecule has 0 radical (unpaired) electrons. The van der Waals surface area contributed by atoms with Gasteiger partial charge in [0.25, 0.3) is 5.91 Å². The number of benzene rings is 2. The highest BCUT2D eigenvalue weighted by atomic mass is 79.9. The van der Waals surface area contributed by atoms with Crippen molar-refractivity contribution in [2.24, 2.45) is 0 Å². The molecule has 3 nitrogen and oxygen atoms in total. The molecule has 1 aromatic heterocycles. The van der Waals surface area contributed by atoms with E-state index in [2.05, 4.69) is 25.6 Å². The third-order valence-corrected chi connectivity index (χ3v) is 4.10. The second kappa shape index (κ2) is 6.20. The van der Waals surface area contributed by atoms with Crippen LogP contribution in [0, 0.1) is 0 Å². The molecule has 3 rings (SSSR count). The maximum absolute atomic E-state index is 12.2. The topological polar surface area (TPSA) is 42.0 Å². The fourth-order valence-electron chi connectivity index (χ4n) is 1.89. The van der Waals surface area contributed by atoms with Crippen molar-refractivity contribution in [3.63, 3.8) is 0 Å². The van der Waals surface area contributed by atoms with Gasteiger partial charge in [0.05, 0.1) is 5.69 Å². The van der Waals surface area contributed by atoms with Gasteiger partial charge in [-0.2, -0.15) is 4.37 Å². The predicted molar refractivity (Wildman–Crippen MR) is 89.6 cm³/mol. The number of hydrogen-bond donors (Lipinski definition) is 1. The molecule has 5 heteroatoms. The molecule has 0 aliphatic carbocycles. The van der Waals surface area contributed by atoms with Crippen molar-refractivity contribution in [3.8, 4) is 11.3 Å². The molecule has 0 fully saturated rings. The van der Waals surface area contributed by atoms with Gasteiger partial charge in [-0.25, -0.2) is 0 Å². The molecule has 0 unspecified atom stereocenters. The van der Waals surface area contributed by atoms with Crippen molar-refractivity contribution in [2.75, 3.05) is 5.32 Å². The lowest BCUT2D eigenvalue weighted by molar-refractivity contribution is 0.102. The molecular formula is C16H11BrN2OS. The molecule has 104 valence electrons. The Morgan fingerprint density at radius 1 is 1.05 bits per heavy atom. The number of aromatic nitrogens is 1. The highest BCUT2D eigenvalue weighted by Crippen LogP contribution is 2.25. The van der Waals surface area contributed by atoms with Crippen LogP contribution >= 0.6 is 27.5 Å². The number of rotatable bonds is 3. The van der Waals surface area contributed by atoms with Crippen molar-refractivity contribution in [1.82, 2.24) is 4.37 Å². The zero-order valence-corrected chi connectivity index (χ0v) is 13.3. The fraction of sp³-hybridized carbons (Fsp3) is 0. The lowest BCUT2D eigenvalue weighted by atomic mass is 10.1. The molecule has 1 N–H and O–H groups in total. The number of nitrogens with zero attached hydrogens (tertiary/aromatic N) is 1. The zero-order chi connectivity index (χ0) is 14.7. The van der Waals surface area contributed by atoms with Crippen molar-refractivity contribution >= 4 is 38.4 Å². The summed E-state index contributed by atoms with van der Waals surface area (Å²) < 4.78 is 5.25. The second-order valence-electron chi connectivity index (χ2n) is 4.41. The number of carbonyl (C=O) groups is 1. The van der Waals surface area contributed by atoms with E-state index in [1.54, 1.807) is 12.1 Å². The van der Waals surface area contributed by atoms with Crippen LogP contribution in [0.5, 0.6) is 0 Å². The molecule has 0 atom stereocenters. The first-order valence-electron chi connectivity index (χ1n) is 6.31. The molecule has 0 saturated carbocycles. The van der Waals surface area contributed by atoms with Crippen LogP contribution in [0.15, 0.2) is 65.1 Å². The number of carbonyl (C=O) groups excluding carboxylic acids is 1. The van der Waals surface area contributed by atoms with E-state index in [-0.39, 0.29) is 5.91 Å². The monoisotopic (exact) mass is 358 g/mol. The highest BCUT2D eigenvalue weighted by Gasteiger charge is 2.09. The van der Waals surface area contributed by atoms with Crippen molar-refractivity contribution in [2.45, 2.75) is 0 Å². The summed E-state index contributed by atoms with van der Waals surface area (Å²) in [5.74, 6) is -0.139. The van der Waals surface area contributed by atoms with Gasteiger partial charge in [0.15, 0.2) is 0 Å². The van der Waals surface area contributed by atoms with E-state index in [0.29, 0.717) is 5.56 Å². The van der Waals surface area contributed by atoms with E-state index >= 15 is 0 Å².